The minimum Gasteiger partial charge on any atom is -0.351 e. The highest BCUT2D eigenvalue weighted by Gasteiger charge is 2.09. The predicted molar refractivity (Wildman–Crippen MR) is 48.8 cm³/mol. The highest BCUT2D eigenvalue weighted by atomic mass is 32.1. The molecule has 13 heavy (non-hydrogen) atoms. The van der Waals surface area contributed by atoms with E-state index in [1.807, 2.05) is 16.8 Å². The molecule has 66 valence electrons. The van der Waals surface area contributed by atoms with Crippen molar-refractivity contribution in [3.63, 3.8) is 0 Å². The molecule has 0 unspecified atom stereocenters. The Labute approximate surface area is 78.2 Å². The van der Waals surface area contributed by atoms with Crippen LogP contribution in [0.1, 0.15) is 10.6 Å². The zero-order valence-electron chi connectivity index (χ0n) is 6.56. The van der Waals surface area contributed by atoms with E-state index in [0.29, 0.717) is 0 Å². The lowest BCUT2D eigenvalue weighted by atomic mass is 10.4. The van der Waals surface area contributed by atoms with Gasteiger partial charge in [-0.3, -0.25) is 4.79 Å². The molecule has 4 nitrogen and oxygen atoms in total. The Morgan fingerprint density at radius 1 is 1.54 bits per heavy atom. The minimum absolute atomic E-state index is 0.214. The van der Waals surface area contributed by atoms with Crippen LogP contribution in [-0.2, 0) is 0 Å². The third kappa shape index (κ3) is 1.75. The molecule has 0 bridgehead atoms. The van der Waals surface area contributed by atoms with Gasteiger partial charge in [0.15, 0.2) is 0 Å². The molecule has 0 aromatic carbocycles. The zero-order valence-corrected chi connectivity index (χ0v) is 7.38. The first kappa shape index (κ1) is 8.00. The largest absolute Gasteiger partial charge is 0.351 e. The molecule has 0 radical (unpaired) electrons. The van der Waals surface area contributed by atoms with Gasteiger partial charge in [-0.25, -0.2) is 0 Å². The van der Waals surface area contributed by atoms with Crippen molar-refractivity contribution in [2.45, 2.75) is 0 Å². The third-order valence-corrected chi connectivity index (χ3v) is 2.12. The molecule has 0 aliphatic heterocycles. The van der Waals surface area contributed by atoms with Crippen molar-refractivity contribution in [2.75, 3.05) is 5.32 Å². The summed E-state index contributed by atoms with van der Waals surface area (Å²) in [5.74, 6) is -0.0675. The molecule has 1 N–H and O–H groups in total. The Morgan fingerprint density at radius 2 is 2.46 bits per heavy atom. The maximum Gasteiger partial charge on any atom is 0.294 e. The third-order valence-electron chi connectivity index (χ3n) is 1.44. The molecule has 0 saturated carbocycles. The standard InChI is InChI=1S/C8H6N2O2S/c11-8(7-1-3-9-12-7)10-6-2-4-13-5-6/h1-5H,(H,10,11). The van der Waals surface area contributed by atoms with Gasteiger partial charge in [-0.15, -0.1) is 0 Å². The van der Waals surface area contributed by atoms with Crippen LogP contribution in [0.2, 0.25) is 0 Å². The molecule has 2 rings (SSSR count). The first-order valence-corrected chi connectivity index (χ1v) is 4.55. The number of anilines is 1. The molecule has 1 amide bonds. The van der Waals surface area contributed by atoms with Crippen LogP contribution in [-0.4, -0.2) is 11.1 Å². The lowest BCUT2D eigenvalue weighted by Gasteiger charge is -1.96. The van der Waals surface area contributed by atoms with Gasteiger partial charge >= 0.3 is 0 Å². The van der Waals surface area contributed by atoms with Crippen LogP contribution in [0.3, 0.4) is 0 Å². The quantitative estimate of drug-likeness (QED) is 0.795. The van der Waals surface area contributed by atoms with Crippen LogP contribution in [0.4, 0.5) is 5.69 Å². The molecule has 2 aromatic rings. The molecule has 0 aliphatic rings. The van der Waals surface area contributed by atoms with Crippen LogP contribution in [0.5, 0.6) is 0 Å². The molecule has 0 spiro atoms. The van der Waals surface area contributed by atoms with E-state index >= 15 is 0 Å². The summed E-state index contributed by atoms with van der Waals surface area (Å²) in [4.78, 5) is 11.3. The molecule has 5 heteroatoms. The van der Waals surface area contributed by atoms with E-state index in [-0.39, 0.29) is 11.7 Å². The minimum atomic E-state index is -0.282. The topological polar surface area (TPSA) is 55.1 Å². The van der Waals surface area contributed by atoms with Crippen molar-refractivity contribution < 1.29 is 9.32 Å². The predicted octanol–water partition coefficient (Wildman–Crippen LogP) is 1.99. The molecule has 0 fully saturated rings. The van der Waals surface area contributed by atoms with Gasteiger partial charge < -0.3 is 9.84 Å². The van der Waals surface area contributed by atoms with Crippen molar-refractivity contribution in [2.24, 2.45) is 0 Å². The zero-order chi connectivity index (χ0) is 9.10. The summed E-state index contributed by atoms with van der Waals surface area (Å²) in [6.45, 7) is 0. The van der Waals surface area contributed by atoms with E-state index in [2.05, 4.69) is 15.0 Å². The number of hydrogen-bond acceptors (Lipinski definition) is 4. The van der Waals surface area contributed by atoms with E-state index in [4.69, 9.17) is 0 Å². The lowest BCUT2D eigenvalue weighted by Crippen LogP contribution is -2.09. The van der Waals surface area contributed by atoms with Crippen LogP contribution in [0.25, 0.3) is 0 Å². The summed E-state index contributed by atoms with van der Waals surface area (Å²) < 4.78 is 4.69. The second-order valence-corrected chi connectivity index (χ2v) is 3.12. The number of hydrogen-bond donors (Lipinski definition) is 1. The smallest absolute Gasteiger partial charge is 0.294 e. The van der Waals surface area contributed by atoms with Gasteiger partial charge in [-0.05, 0) is 11.4 Å². The van der Waals surface area contributed by atoms with E-state index in [0.717, 1.165) is 5.69 Å². The van der Waals surface area contributed by atoms with Gasteiger partial charge in [0.2, 0.25) is 5.76 Å². The normalized spacial score (nSPS) is 9.85. The van der Waals surface area contributed by atoms with Crippen molar-refractivity contribution in [3.8, 4) is 0 Å². The summed E-state index contributed by atoms with van der Waals surface area (Å²) in [6.07, 6.45) is 1.43. The van der Waals surface area contributed by atoms with Crippen LogP contribution in [0, 0.1) is 0 Å². The first-order chi connectivity index (χ1) is 6.36. The van der Waals surface area contributed by atoms with Crippen molar-refractivity contribution in [1.82, 2.24) is 5.16 Å². The van der Waals surface area contributed by atoms with E-state index in [1.54, 1.807) is 0 Å². The van der Waals surface area contributed by atoms with Crippen molar-refractivity contribution in [1.29, 1.82) is 0 Å². The van der Waals surface area contributed by atoms with Gasteiger partial charge in [0.1, 0.15) is 0 Å². The molecule has 0 atom stereocenters. The molecule has 2 heterocycles. The number of nitrogens with zero attached hydrogens (tertiary/aromatic N) is 1. The summed E-state index contributed by atoms with van der Waals surface area (Å²) in [5, 5.41) is 9.83. The number of carbonyl (C=O) groups excluding carboxylic acids is 1. The van der Waals surface area contributed by atoms with Crippen molar-refractivity contribution >= 4 is 22.9 Å². The fourth-order valence-corrected chi connectivity index (χ4v) is 1.45. The number of thiophene rings is 1. The van der Waals surface area contributed by atoms with Gasteiger partial charge in [0.25, 0.3) is 5.91 Å². The maximum absolute atomic E-state index is 11.3. The molecule has 2 aromatic heterocycles. The van der Waals surface area contributed by atoms with Gasteiger partial charge in [0, 0.05) is 11.4 Å². The average Bonchev–Trinajstić information content (AvgIpc) is 2.74. The average molecular weight is 194 g/mol. The Morgan fingerprint density at radius 3 is 3.08 bits per heavy atom. The van der Waals surface area contributed by atoms with Gasteiger partial charge in [-0.2, -0.15) is 11.3 Å². The number of aromatic nitrogens is 1. The van der Waals surface area contributed by atoms with Crippen LogP contribution >= 0.6 is 11.3 Å². The Hall–Kier alpha value is -1.62. The van der Waals surface area contributed by atoms with Crippen molar-refractivity contribution in [3.05, 3.63) is 34.8 Å². The van der Waals surface area contributed by atoms with Crippen LogP contribution in [0.15, 0.2) is 33.6 Å². The van der Waals surface area contributed by atoms with Gasteiger partial charge in [-0.1, -0.05) is 5.16 Å². The highest BCUT2D eigenvalue weighted by molar-refractivity contribution is 7.08. The number of nitrogens with one attached hydrogen (secondary N) is 1. The molecule has 0 aliphatic carbocycles. The van der Waals surface area contributed by atoms with E-state index < -0.39 is 0 Å². The number of carbonyl (C=O) groups is 1. The fraction of sp³-hybridized carbons (Fsp3) is 0. The monoisotopic (exact) mass is 194 g/mol. The molecular formula is C8H6N2O2S. The number of rotatable bonds is 2. The van der Waals surface area contributed by atoms with Crippen LogP contribution < -0.4 is 5.32 Å². The first-order valence-electron chi connectivity index (χ1n) is 3.60. The number of amides is 1. The van der Waals surface area contributed by atoms with E-state index in [1.165, 1.54) is 23.6 Å². The maximum atomic E-state index is 11.3. The summed E-state index contributed by atoms with van der Waals surface area (Å²) in [7, 11) is 0. The molecule has 0 saturated heterocycles. The Balaban J connectivity index is 2.08. The SMILES string of the molecule is O=C(Nc1ccsc1)c1ccno1. The second kappa shape index (κ2) is 3.40. The summed E-state index contributed by atoms with van der Waals surface area (Å²) in [6, 6.07) is 3.33. The Bertz CT molecular complexity index is 380. The summed E-state index contributed by atoms with van der Waals surface area (Å²) in [5.41, 5.74) is 0.770. The van der Waals surface area contributed by atoms with Gasteiger partial charge in [0.05, 0.1) is 11.9 Å². The molecular weight excluding hydrogens is 188 g/mol. The van der Waals surface area contributed by atoms with E-state index in [9.17, 15) is 4.79 Å². The Kier molecular flexibility index (Phi) is 2.09. The lowest BCUT2D eigenvalue weighted by molar-refractivity contribution is 0.0988. The fourth-order valence-electron chi connectivity index (χ4n) is 0.861. The second-order valence-electron chi connectivity index (χ2n) is 2.34. The summed E-state index contributed by atoms with van der Waals surface area (Å²) >= 11 is 1.52. The highest BCUT2D eigenvalue weighted by Crippen LogP contribution is 2.12.